The predicted molar refractivity (Wildman–Crippen MR) is 126 cm³/mol. The van der Waals surface area contributed by atoms with Gasteiger partial charge in [-0.15, -0.1) is 0 Å². The van der Waals surface area contributed by atoms with E-state index in [-0.39, 0.29) is 17.6 Å². The summed E-state index contributed by atoms with van der Waals surface area (Å²) in [7, 11) is 1.57. The van der Waals surface area contributed by atoms with Crippen LogP contribution in [0.1, 0.15) is 54.2 Å². The molecule has 3 aromatic rings. The van der Waals surface area contributed by atoms with E-state index in [1.165, 1.54) is 29.9 Å². The first-order valence-corrected chi connectivity index (χ1v) is 11.3. The van der Waals surface area contributed by atoms with Gasteiger partial charge in [0.25, 0.3) is 5.91 Å². The lowest BCUT2D eigenvalue weighted by Crippen LogP contribution is -2.47. The number of rotatable bonds is 7. The molecule has 7 heteroatoms. The minimum Gasteiger partial charge on any atom is -0.497 e. The number of hydrogen-bond acceptors (Lipinski definition) is 5. The summed E-state index contributed by atoms with van der Waals surface area (Å²) in [5.41, 5.74) is 1.41. The van der Waals surface area contributed by atoms with Gasteiger partial charge in [0, 0.05) is 30.2 Å². The Morgan fingerprint density at radius 2 is 1.82 bits per heavy atom. The lowest BCUT2D eigenvalue weighted by atomic mass is 9.94. The van der Waals surface area contributed by atoms with Crippen LogP contribution in [-0.4, -0.2) is 34.9 Å². The van der Waals surface area contributed by atoms with Crippen LogP contribution in [0.2, 0.25) is 0 Å². The molecule has 7 nitrogen and oxygen atoms in total. The fourth-order valence-electron chi connectivity index (χ4n) is 4.26. The van der Waals surface area contributed by atoms with Gasteiger partial charge < -0.3 is 10.1 Å². The molecule has 1 aliphatic carbocycles. The Bertz CT molecular complexity index is 1070. The molecule has 0 saturated heterocycles. The van der Waals surface area contributed by atoms with Crippen LogP contribution in [0.15, 0.2) is 73.2 Å². The molecule has 0 unspecified atom stereocenters. The van der Waals surface area contributed by atoms with Gasteiger partial charge in [-0.1, -0.05) is 55.7 Å². The number of nitrogens with one attached hydrogen (secondary N) is 1. The molecule has 1 N–H and O–H groups in total. The quantitative estimate of drug-likeness (QED) is 0.587. The lowest BCUT2D eigenvalue weighted by Gasteiger charge is -2.33. The molecule has 1 saturated carbocycles. The number of hydrogen-bond donors (Lipinski definition) is 1. The molecule has 170 valence electrons. The normalized spacial score (nSPS) is 14.8. The van der Waals surface area contributed by atoms with Crippen molar-refractivity contribution in [3.05, 3.63) is 84.4 Å². The van der Waals surface area contributed by atoms with Crippen molar-refractivity contribution in [1.82, 2.24) is 15.3 Å². The standard InChI is InChI=1S/C26H28N4O3/c1-33-22-14-8-13-21(17-22)30(26(32)23-18-27-15-16-28-23)24(19-9-4-2-5-10-19)25(31)29-20-11-6-3-7-12-20/h2,4-5,8-10,13-18,20,24H,3,6-7,11-12H2,1H3,(H,29,31)/t24-/m1/s1. The number of amides is 2. The molecule has 1 aliphatic rings. The van der Waals surface area contributed by atoms with Crippen LogP contribution in [0.4, 0.5) is 5.69 Å². The highest BCUT2D eigenvalue weighted by Gasteiger charge is 2.35. The fourth-order valence-corrected chi connectivity index (χ4v) is 4.26. The maximum Gasteiger partial charge on any atom is 0.279 e. The molecule has 0 bridgehead atoms. The van der Waals surface area contributed by atoms with Crippen LogP contribution in [0.25, 0.3) is 0 Å². The highest BCUT2D eigenvalue weighted by atomic mass is 16.5. The summed E-state index contributed by atoms with van der Waals surface area (Å²) in [6, 6.07) is 15.7. The third-order valence-electron chi connectivity index (χ3n) is 5.91. The van der Waals surface area contributed by atoms with Gasteiger partial charge in [-0.05, 0) is 30.5 Å². The van der Waals surface area contributed by atoms with E-state index in [4.69, 9.17) is 4.74 Å². The summed E-state index contributed by atoms with van der Waals surface area (Å²) >= 11 is 0. The molecule has 4 rings (SSSR count). The average Bonchev–Trinajstić information content (AvgIpc) is 2.88. The first-order chi connectivity index (χ1) is 16.2. The van der Waals surface area contributed by atoms with Crippen LogP contribution >= 0.6 is 0 Å². The Balaban J connectivity index is 1.79. The van der Waals surface area contributed by atoms with Gasteiger partial charge in [-0.25, -0.2) is 4.98 Å². The van der Waals surface area contributed by atoms with Gasteiger partial charge in [0.2, 0.25) is 5.91 Å². The lowest BCUT2D eigenvalue weighted by molar-refractivity contribution is -0.123. The Hall–Kier alpha value is -3.74. The van der Waals surface area contributed by atoms with Crippen LogP contribution in [0.5, 0.6) is 5.75 Å². The number of ether oxygens (including phenoxy) is 1. The number of aromatic nitrogens is 2. The van der Waals surface area contributed by atoms with Crippen LogP contribution in [0.3, 0.4) is 0 Å². The number of carbonyl (C=O) groups excluding carboxylic acids is 2. The zero-order chi connectivity index (χ0) is 23.0. The van der Waals surface area contributed by atoms with Crippen LogP contribution < -0.4 is 15.0 Å². The second-order valence-corrected chi connectivity index (χ2v) is 8.12. The Kier molecular flexibility index (Phi) is 7.29. The predicted octanol–water partition coefficient (Wildman–Crippen LogP) is 4.32. The van der Waals surface area contributed by atoms with E-state index in [0.717, 1.165) is 25.7 Å². The topological polar surface area (TPSA) is 84.4 Å². The van der Waals surface area contributed by atoms with Gasteiger partial charge in [0.05, 0.1) is 13.3 Å². The van der Waals surface area contributed by atoms with Crippen molar-refractivity contribution in [2.75, 3.05) is 12.0 Å². The van der Waals surface area contributed by atoms with Gasteiger partial charge >= 0.3 is 0 Å². The maximum absolute atomic E-state index is 13.8. The van der Waals surface area contributed by atoms with Gasteiger partial charge in [0.15, 0.2) is 0 Å². The molecule has 1 atom stereocenters. The minimum atomic E-state index is -0.880. The van der Waals surface area contributed by atoms with E-state index in [9.17, 15) is 9.59 Å². The molecular weight excluding hydrogens is 416 g/mol. The Morgan fingerprint density at radius 3 is 2.52 bits per heavy atom. The molecule has 0 aliphatic heterocycles. The van der Waals surface area contributed by atoms with E-state index < -0.39 is 11.9 Å². The largest absolute Gasteiger partial charge is 0.497 e. The van der Waals surface area contributed by atoms with Gasteiger partial charge in [-0.3, -0.25) is 19.5 Å². The van der Waals surface area contributed by atoms with Gasteiger partial charge in [0.1, 0.15) is 17.5 Å². The second kappa shape index (κ2) is 10.7. The van der Waals surface area contributed by atoms with E-state index in [1.54, 1.807) is 31.4 Å². The van der Waals surface area contributed by atoms with Crippen LogP contribution in [-0.2, 0) is 4.79 Å². The van der Waals surface area contributed by atoms with Crippen molar-refractivity contribution in [2.45, 2.75) is 44.2 Å². The number of methoxy groups -OCH3 is 1. The van der Waals surface area contributed by atoms with Crippen LogP contribution in [0, 0.1) is 0 Å². The third-order valence-corrected chi connectivity index (χ3v) is 5.91. The highest BCUT2D eigenvalue weighted by Crippen LogP contribution is 2.32. The van der Waals surface area contributed by atoms with Crippen molar-refractivity contribution in [1.29, 1.82) is 0 Å². The molecule has 1 aromatic heterocycles. The van der Waals surface area contributed by atoms with Crippen molar-refractivity contribution < 1.29 is 14.3 Å². The summed E-state index contributed by atoms with van der Waals surface area (Å²) in [5, 5.41) is 3.20. The zero-order valence-corrected chi connectivity index (χ0v) is 18.7. The van der Waals surface area contributed by atoms with Crippen molar-refractivity contribution in [3.8, 4) is 5.75 Å². The maximum atomic E-state index is 13.8. The summed E-state index contributed by atoms with van der Waals surface area (Å²) < 4.78 is 5.39. The monoisotopic (exact) mass is 444 g/mol. The molecule has 0 spiro atoms. The fraction of sp³-hybridized carbons (Fsp3) is 0.308. The molecule has 0 radical (unpaired) electrons. The van der Waals surface area contributed by atoms with E-state index in [0.29, 0.717) is 17.0 Å². The first kappa shape index (κ1) is 22.5. The van der Waals surface area contributed by atoms with E-state index in [1.807, 2.05) is 30.3 Å². The molecular formula is C26H28N4O3. The number of anilines is 1. The number of nitrogens with zero attached hydrogens (tertiary/aromatic N) is 3. The zero-order valence-electron chi connectivity index (χ0n) is 18.7. The van der Waals surface area contributed by atoms with Crippen molar-refractivity contribution in [3.63, 3.8) is 0 Å². The van der Waals surface area contributed by atoms with E-state index >= 15 is 0 Å². The number of carbonyl (C=O) groups is 2. The molecule has 1 fully saturated rings. The molecule has 2 aromatic carbocycles. The summed E-state index contributed by atoms with van der Waals surface area (Å²) in [5.74, 6) is -0.0406. The molecule has 33 heavy (non-hydrogen) atoms. The Morgan fingerprint density at radius 1 is 1.03 bits per heavy atom. The Labute approximate surface area is 193 Å². The highest BCUT2D eigenvalue weighted by molar-refractivity contribution is 6.09. The summed E-state index contributed by atoms with van der Waals surface area (Å²) in [4.78, 5) is 37.2. The molecule has 2 amide bonds. The minimum absolute atomic E-state index is 0.108. The third kappa shape index (κ3) is 5.37. The van der Waals surface area contributed by atoms with E-state index in [2.05, 4.69) is 15.3 Å². The smallest absolute Gasteiger partial charge is 0.279 e. The number of benzene rings is 2. The molecule has 1 heterocycles. The first-order valence-electron chi connectivity index (χ1n) is 11.3. The van der Waals surface area contributed by atoms with Crippen molar-refractivity contribution >= 4 is 17.5 Å². The van der Waals surface area contributed by atoms with Crippen molar-refractivity contribution in [2.24, 2.45) is 0 Å². The second-order valence-electron chi connectivity index (χ2n) is 8.12. The summed E-state index contributed by atoms with van der Waals surface area (Å²) in [6.45, 7) is 0. The van der Waals surface area contributed by atoms with Gasteiger partial charge in [-0.2, -0.15) is 0 Å². The average molecular weight is 445 g/mol. The summed E-state index contributed by atoms with van der Waals surface area (Å²) in [6.07, 6.45) is 9.67. The SMILES string of the molecule is COc1cccc(N(C(=O)c2cnccn2)[C@@H](C(=O)NC2CCCCC2)c2ccccc2)c1.